The van der Waals surface area contributed by atoms with Gasteiger partial charge in [-0.25, -0.2) is 22.2 Å². The van der Waals surface area contributed by atoms with Gasteiger partial charge in [0.05, 0.1) is 5.69 Å². The Bertz CT molecular complexity index is 1310. The van der Waals surface area contributed by atoms with Crippen LogP contribution in [0.4, 0.5) is 24.7 Å². The first-order chi connectivity index (χ1) is 16.6. The van der Waals surface area contributed by atoms with Crippen molar-refractivity contribution in [2.75, 3.05) is 29.3 Å². The van der Waals surface area contributed by atoms with Crippen LogP contribution in [-0.4, -0.2) is 49.5 Å². The molecule has 2 aliphatic carbocycles. The maximum Gasteiger partial charge on any atom is 0.268 e. The molecule has 4 fully saturated rings. The van der Waals surface area contributed by atoms with Crippen molar-refractivity contribution in [3.8, 4) is 0 Å². The number of benzene rings is 1. The van der Waals surface area contributed by atoms with E-state index in [1.807, 2.05) is 9.62 Å². The van der Waals surface area contributed by atoms with Gasteiger partial charge in [0.15, 0.2) is 10.7 Å². The largest absolute Gasteiger partial charge is 0.370 e. The SMILES string of the molecule is O=S(=O)(Nc1cccc(F)n1)c1c(F)cc(N2CC[C@@]3(CC[C@H]3N3CCCC34CC4)C2)c(Cl)c1F. The second-order valence-corrected chi connectivity index (χ2v) is 12.4. The maximum absolute atomic E-state index is 15.3. The first-order valence-corrected chi connectivity index (χ1v) is 13.8. The second-order valence-electron chi connectivity index (χ2n) is 10.4. The lowest BCUT2D eigenvalue weighted by Gasteiger charge is -2.53. The predicted octanol–water partition coefficient (Wildman–Crippen LogP) is 4.94. The Balaban J connectivity index is 1.26. The molecule has 1 aromatic heterocycles. The molecule has 2 saturated carbocycles. The van der Waals surface area contributed by atoms with Crippen molar-refractivity contribution in [3.05, 3.63) is 46.9 Å². The second kappa shape index (κ2) is 7.98. The zero-order chi connectivity index (χ0) is 24.6. The van der Waals surface area contributed by atoms with E-state index in [2.05, 4.69) is 9.88 Å². The summed E-state index contributed by atoms with van der Waals surface area (Å²) >= 11 is 6.30. The maximum atomic E-state index is 15.3. The Morgan fingerprint density at radius 3 is 2.57 bits per heavy atom. The number of anilines is 2. The Kier molecular flexibility index (Phi) is 5.33. The van der Waals surface area contributed by atoms with E-state index in [1.54, 1.807) is 0 Å². The van der Waals surface area contributed by atoms with E-state index in [-0.39, 0.29) is 11.1 Å². The standard InChI is InChI=1S/C24H26ClF3N4O2S/c25-20-16(13-15(26)22(21(20)28)35(33,34)30-19-4-1-3-18(27)29-19)31-12-10-23(14-31)7-5-17(23)32-11-2-6-24(32)8-9-24/h1,3-4,13,17H,2,5-12,14H2,(H,29,30)/t17-,23+/m1/s1. The molecule has 0 radical (unpaired) electrons. The highest BCUT2D eigenvalue weighted by Gasteiger charge is 2.61. The molecule has 2 aromatic rings. The molecule has 0 amide bonds. The van der Waals surface area contributed by atoms with Gasteiger partial charge < -0.3 is 4.90 Å². The highest BCUT2D eigenvalue weighted by atomic mass is 35.5. The summed E-state index contributed by atoms with van der Waals surface area (Å²) in [6.45, 7) is 2.37. The van der Waals surface area contributed by atoms with Gasteiger partial charge in [-0.3, -0.25) is 9.62 Å². The monoisotopic (exact) mass is 526 g/mol. The Hall–Kier alpha value is -2.04. The lowest BCUT2D eigenvalue weighted by Crippen LogP contribution is -2.58. The van der Waals surface area contributed by atoms with Crippen LogP contribution in [0.5, 0.6) is 0 Å². The Morgan fingerprint density at radius 2 is 1.89 bits per heavy atom. The van der Waals surface area contributed by atoms with Gasteiger partial charge in [0.2, 0.25) is 5.95 Å². The lowest BCUT2D eigenvalue weighted by atomic mass is 9.63. The first kappa shape index (κ1) is 23.4. The first-order valence-electron chi connectivity index (χ1n) is 12.0. The molecule has 3 heterocycles. The summed E-state index contributed by atoms with van der Waals surface area (Å²) in [4.78, 5) is 6.76. The Morgan fingerprint density at radius 1 is 1.09 bits per heavy atom. The van der Waals surface area contributed by atoms with E-state index in [0.717, 1.165) is 37.9 Å². The fourth-order valence-electron chi connectivity index (χ4n) is 6.57. The molecule has 6 nitrogen and oxygen atoms in total. The van der Waals surface area contributed by atoms with Crippen LogP contribution in [0.2, 0.25) is 5.02 Å². The van der Waals surface area contributed by atoms with Gasteiger partial charge in [-0.2, -0.15) is 4.39 Å². The molecule has 0 bridgehead atoms. The van der Waals surface area contributed by atoms with Crippen LogP contribution in [-0.2, 0) is 10.0 Å². The van der Waals surface area contributed by atoms with Crippen molar-refractivity contribution in [3.63, 3.8) is 0 Å². The van der Waals surface area contributed by atoms with Gasteiger partial charge in [0.1, 0.15) is 16.7 Å². The van der Waals surface area contributed by atoms with Gasteiger partial charge in [-0.1, -0.05) is 17.7 Å². The molecule has 0 unspecified atom stereocenters. The quantitative estimate of drug-likeness (QED) is 0.441. The van der Waals surface area contributed by atoms with E-state index in [0.29, 0.717) is 24.7 Å². The molecular formula is C24H26ClF3N4O2S. The molecule has 11 heteroatoms. The van der Waals surface area contributed by atoms with E-state index in [1.165, 1.54) is 37.8 Å². The van der Waals surface area contributed by atoms with Crippen LogP contribution in [0.15, 0.2) is 29.2 Å². The summed E-state index contributed by atoms with van der Waals surface area (Å²) in [5.74, 6) is -3.95. The normalized spacial score (nSPS) is 27.5. The average Bonchev–Trinajstić information content (AvgIpc) is 3.22. The van der Waals surface area contributed by atoms with E-state index in [9.17, 15) is 12.8 Å². The summed E-state index contributed by atoms with van der Waals surface area (Å²) in [6.07, 6.45) is 8.15. The number of nitrogens with zero attached hydrogens (tertiary/aromatic N) is 3. The van der Waals surface area contributed by atoms with E-state index in [4.69, 9.17) is 11.6 Å². The van der Waals surface area contributed by atoms with Crippen LogP contribution in [0, 0.1) is 23.0 Å². The summed E-state index contributed by atoms with van der Waals surface area (Å²) < 4.78 is 71.1. The minimum absolute atomic E-state index is 0.0750. The summed E-state index contributed by atoms with van der Waals surface area (Å²) in [5, 5.41) is -0.438. The molecule has 188 valence electrons. The highest BCUT2D eigenvalue weighted by Crippen LogP contribution is 2.59. The minimum Gasteiger partial charge on any atom is -0.370 e. The van der Waals surface area contributed by atoms with Gasteiger partial charge in [-0.15, -0.1) is 0 Å². The minimum atomic E-state index is -4.74. The third kappa shape index (κ3) is 3.71. The summed E-state index contributed by atoms with van der Waals surface area (Å²) in [5.41, 5.74) is 0.626. The number of hydrogen-bond donors (Lipinski definition) is 1. The number of aromatic nitrogens is 1. The third-order valence-corrected chi connectivity index (χ3v) is 10.3. The number of likely N-dealkylation sites (tertiary alicyclic amines) is 1. The molecule has 2 atom stereocenters. The fraction of sp³-hybridized carbons (Fsp3) is 0.542. The van der Waals surface area contributed by atoms with Gasteiger partial charge in [0.25, 0.3) is 10.0 Å². The molecule has 4 aliphatic rings. The van der Waals surface area contributed by atoms with Crippen molar-refractivity contribution in [1.29, 1.82) is 0 Å². The van der Waals surface area contributed by atoms with Crippen molar-refractivity contribution in [2.45, 2.75) is 61.4 Å². The van der Waals surface area contributed by atoms with E-state index >= 15 is 8.78 Å². The topological polar surface area (TPSA) is 65.5 Å². The number of hydrogen-bond acceptors (Lipinski definition) is 5. The van der Waals surface area contributed by atoms with Gasteiger partial charge in [-0.05, 0) is 63.6 Å². The predicted molar refractivity (Wildman–Crippen MR) is 127 cm³/mol. The van der Waals surface area contributed by atoms with Crippen molar-refractivity contribution >= 4 is 33.1 Å². The summed E-state index contributed by atoms with van der Waals surface area (Å²) in [7, 11) is -4.74. The Labute approximate surface area is 207 Å². The number of rotatable bonds is 5. The summed E-state index contributed by atoms with van der Waals surface area (Å²) in [6, 6.07) is 4.90. The van der Waals surface area contributed by atoms with Crippen molar-refractivity contribution in [1.82, 2.24) is 9.88 Å². The van der Waals surface area contributed by atoms with Crippen LogP contribution in [0.25, 0.3) is 0 Å². The van der Waals surface area contributed by atoms with Crippen molar-refractivity contribution < 1.29 is 21.6 Å². The van der Waals surface area contributed by atoms with E-state index < -0.39 is 43.3 Å². The van der Waals surface area contributed by atoms with Gasteiger partial charge >= 0.3 is 0 Å². The fourth-order valence-corrected chi connectivity index (χ4v) is 8.04. The lowest BCUT2D eigenvalue weighted by molar-refractivity contribution is -0.0251. The number of pyridine rings is 1. The molecule has 1 aromatic carbocycles. The molecule has 1 N–H and O–H groups in total. The average molecular weight is 527 g/mol. The molecule has 35 heavy (non-hydrogen) atoms. The van der Waals surface area contributed by atoms with Crippen LogP contribution >= 0.6 is 11.6 Å². The molecule has 2 aliphatic heterocycles. The number of nitrogens with one attached hydrogen (secondary N) is 1. The molecule has 2 saturated heterocycles. The third-order valence-electron chi connectivity index (χ3n) is 8.52. The van der Waals surface area contributed by atoms with Gasteiger partial charge in [0, 0.05) is 36.2 Å². The smallest absolute Gasteiger partial charge is 0.268 e. The molecular weight excluding hydrogens is 501 g/mol. The number of sulfonamides is 1. The highest BCUT2D eigenvalue weighted by molar-refractivity contribution is 7.92. The van der Waals surface area contributed by atoms with Crippen molar-refractivity contribution in [2.24, 2.45) is 5.41 Å². The zero-order valence-electron chi connectivity index (χ0n) is 19.0. The molecule has 6 rings (SSSR count). The van der Waals surface area contributed by atoms with Crippen LogP contribution in [0.3, 0.4) is 0 Å². The number of halogens is 4. The zero-order valence-corrected chi connectivity index (χ0v) is 20.6. The molecule has 2 spiro atoms. The van der Waals surface area contributed by atoms with Crippen LogP contribution < -0.4 is 9.62 Å². The van der Waals surface area contributed by atoms with Crippen LogP contribution in [0.1, 0.15) is 44.9 Å².